The van der Waals surface area contributed by atoms with Gasteiger partial charge in [-0.05, 0) is 39.7 Å². The molecule has 1 aliphatic rings. The minimum Gasteiger partial charge on any atom is -0.338 e. The molecule has 0 N–H and O–H groups in total. The highest BCUT2D eigenvalue weighted by Crippen LogP contribution is 2.27. The van der Waals surface area contributed by atoms with Crippen LogP contribution in [0, 0.1) is 6.92 Å². The lowest BCUT2D eigenvalue weighted by molar-refractivity contribution is 0.314. The molecule has 108 valence electrons. The first-order valence-corrected chi connectivity index (χ1v) is 8.08. The number of nitrogens with zero attached hydrogens (tertiary/aromatic N) is 4. The van der Waals surface area contributed by atoms with E-state index < -0.39 is 0 Å². The summed E-state index contributed by atoms with van der Waals surface area (Å²) >= 11 is 1.90. The van der Waals surface area contributed by atoms with Gasteiger partial charge in [-0.3, -0.25) is 4.90 Å². The summed E-state index contributed by atoms with van der Waals surface area (Å²) in [5.74, 6) is 1.07. The molecule has 0 spiro atoms. The van der Waals surface area contributed by atoms with Gasteiger partial charge in [0.05, 0.1) is 17.9 Å². The molecule has 0 atom stereocenters. The molecule has 5 heteroatoms. The fraction of sp³-hybridized carbons (Fsp3) is 0.600. The molecular formula is C15H22N4S. The Morgan fingerprint density at radius 3 is 2.75 bits per heavy atom. The van der Waals surface area contributed by atoms with Crippen molar-refractivity contribution in [3.05, 3.63) is 33.3 Å². The van der Waals surface area contributed by atoms with Crippen LogP contribution in [0.3, 0.4) is 0 Å². The van der Waals surface area contributed by atoms with Crippen LogP contribution >= 0.6 is 11.3 Å². The smallest absolute Gasteiger partial charge is 0.107 e. The third-order valence-electron chi connectivity index (χ3n) is 3.89. The Balaban J connectivity index is 1.63. The quantitative estimate of drug-likeness (QED) is 0.868. The van der Waals surface area contributed by atoms with Gasteiger partial charge in [0.1, 0.15) is 10.8 Å². The molecule has 4 nitrogen and oxygen atoms in total. The predicted molar refractivity (Wildman–Crippen MR) is 81.9 cm³/mol. The molecule has 0 amide bonds. The van der Waals surface area contributed by atoms with Crippen LogP contribution in [0.25, 0.3) is 0 Å². The Hall–Kier alpha value is -1.20. The maximum absolute atomic E-state index is 4.81. The standard InChI is InChI=1S/C15H22N4S/c1-11-16-12(9-19(11)3)8-18(2)10-15-17-13-6-4-5-7-14(13)20-15/h9H,4-8,10H2,1-3H3. The molecule has 0 unspecified atom stereocenters. The zero-order valence-corrected chi connectivity index (χ0v) is 13.3. The number of imidazole rings is 1. The summed E-state index contributed by atoms with van der Waals surface area (Å²) in [5, 5.41) is 1.26. The summed E-state index contributed by atoms with van der Waals surface area (Å²) in [7, 11) is 4.19. The molecule has 20 heavy (non-hydrogen) atoms. The average molecular weight is 290 g/mol. The lowest BCUT2D eigenvalue weighted by Gasteiger charge is -2.12. The average Bonchev–Trinajstić information content (AvgIpc) is 2.92. The number of rotatable bonds is 4. The molecule has 1 aliphatic carbocycles. The van der Waals surface area contributed by atoms with Crippen LogP contribution in [0.5, 0.6) is 0 Å². The van der Waals surface area contributed by atoms with E-state index in [0.29, 0.717) is 0 Å². The van der Waals surface area contributed by atoms with Crippen LogP contribution in [0.2, 0.25) is 0 Å². The van der Waals surface area contributed by atoms with Crippen molar-refractivity contribution in [2.75, 3.05) is 7.05 Å². The Morgan fingerprint density at radius 2 is 2.05 bits per heavy atom. The van der Waals surface area contributed by atoms with Crippen molar-refractivity contribution in [1.29, 1.82) is 0 Å². The maximum Gasteiger partial charge on any atom is 0.107 e. The number of fused-ring (bicyclic) bond motifs is 1. The van der Waals surface area contributed by atoms with Gasteiger partial charge in [-0.15, -0.1) is 11.3 Å². The van der Waals surface area contributed by atoms with Gasteiger partial charge in [-0.25, -0.2) is 9.97 Å². The summed E-state index contributed by atoms with van der Waals surface area (Å²) in [6.07, 6.45) is 7.15. The zero-order valence-electron chi connectivity index (χ0n) is 12.5. The predicted octanol–water partition coefficient (Wildman–Crippen LogP) is 2.70. The molecule has 2 aromatic rings. The van der Waals surface area contributed by atoms with E-state index in [9.17, 15) is 0 Å². The number of hydrogen-bond acceptors (Lipinski definition) is 4. The Kier molecular flexibility index (Phi) is 3.89. The van der Waals surface area contributed by atoms with Crippen molar-refractivity contribution in [2.45, 2.75) is 45.7 Å². The van der Waals surface area contributed by atoms with E-state index >= 15 is 0 Å². The normalized spacial score (nSPS) is 14.8. The molecule has 0 radical (unpaired) electrons. The Labute approximate surface area is 124 Å². The Morgan fingerprint density at radius 1 is 1.25 bits per heavy atom. The lowest BCUT2D eigenvalue weighted by Crippen LogP contribution is -2.17. The van der Waals surface area contributed by atoms with Gasteiger partial charge in [0.2, 0.25) is 0 Å². The fourth-order valence-corrected chi connectivity index (χ4v) is 3.98. The third kappa shape index (κ3) is 2.94. The van der Waals surface area contributed by atoms with E-state index in [4.69, 9.17) is 4.98 Å². The minimum atomic E-state index is 0.881. The molecule has 3 rings (SSSR count). The van der Waals surface area contributed by atoms with Crippen molar-refractivity contribution >= 4 is 11.3 Å². The molecular weight excluding hydrogens is 268 g/mol. The molecule has 0 fully saturated rings. The summed E-state index contributed by atoms with van der Waals surface area (Å²) < 4.78 is 2.07. The van der Waals surface area contributed by atoms with E-state index in [-0.39, 0.29) is 0 Å². The first kappa shape index (κ1) is 13.8. The van der Waals surface area contributed by atoms with Gasteiger partial charge in [0.15, 0.2) is 0 Å². The summed E-state index contributed by atoms with van der Waals surface area (Å²) in [6, 6.07) is 0. The van der Waals surface area contributed by atoms with Crippen LogP contribution in [0.1, 0.15) is 39.9 Å². The number of aromatic nitrogens is 3. The minimum absolute atomic E-state index is 0.881. The SMILES string of the molecule is Cc1nc(CN(C)Cc2nc3c(s2)CCCC3)cn1C. The molecule has 2 heterocycles. The van der Waals surface area contributed by atoms with E-state index in [1.807, 2.05) is 25.3 Å². The van der Waals surface area contributed by atoms with Crippen molar-refractivity contribution in [3.63, 3.8) is 0 Å². The molecule has 0 saturated carbocycles. The van der Waals surface area contributed by atoms with E-state index in [0.717, 1.165) is 24.6 Å². The van der Waals surface area contributed by atoms with E-state index in [1.54, 1.807) is 0 Å². The number of hydrogen-bond donors (Lipinski definition) is 0. The van der Waals surface area contributed by atoms with Crippen molar-refractivity contribution < 1.29 is 0 Å². The Bertz CT molecular complexity index is 556. The second-order valence-electron chi connectivity index (χ2n) is 5.75. The summed E-state index contributed by atoms with van der Waals surface area (Å²) in [5.41, 5.74) is 2.49. The first-order chi connectivity index (χ1) is 9.61. The van der Waals surface area contributed by atoms with Gasteiger partial charge in [0, 0.05) is 24.7 Å². The fourth-order valence-electron chi connectivity index (χ4n) is 2.75. The topological polar surface area (TPSA) is 34.0 Å². The van der Waals surface area contributed by atoms with Crippen LogP contribution < -0.4 is 0 Å². The van der Waals surface area contributed by atoms with Gasteiger partial charge < -0.3 is 4.57 Å². The van der Waals surface area contributed by atoms with Crippen LogP contribution in [-0.4, -0.2) is 26.5 Å². The second kappa shape index (κ2) is 5.66. The highest BCUT2D eigenvalue weighted by atomic mass is 32.1. The number of aryl methyl sites for hydroxylation is 4. The summed E-state index contributed by atoms with van der Waals surface area (Å²) in [4.78, 5) is 13.2. The van der Waals surface area contributed by atoms with E-state index in [2.05, 4.69) is 27.7 Å². The van der Waals surface area contributed by atoms with Crippen molar-refractivity contribution in [2.24, 2.45) is 7.05 Å². The van der Waals surface area contributed by atoms with Crippen molar-refractivity contribution in [1.82, 2.24) is 19.4 Å². The highest BCUT2D eigenvalue weighted by molar-refractivity contribution is 7.11. The molecule has 2 aromatic heterocycles. The second-order valence-corrected chi connectivity index (χ2v) is 6.92. The highest BCUT2D eigenvalue weighted by Gasteiger charge is 2.16. The number of thiazole rings is 1. The molecule has 0 saturated heterocycles. The third-order valence-corrected chi connectivity index (χ3v) is 5.03. The molecule has 0 bridgehead atoms. The van der Waals surface area contributed by atoms with Crippen LogP contribution in [0.15, 0.2) is 6.20 Å². The summed E-state index contributed by atoms with van der Waals surface area (Å²) in [6.45, 7) is 3.84. The van der Waals surface area contributed by atoms with Crippen molar-refractivity contribution in [3.8, 4) is 0 Å². The zero-order chi connectivity index (χ0) is 14.1. The lowest BCUT2D eigenvalue weighted by atomic mass is 10.0. The van der Waals surface area contributed by atoms with Crippen LogP contribution in [-0.2, 0) is 33.0 Å². The molecule has 0 aromatic carbocycles. The van der Waals surface area contributed by atoms with Crippen LogP contribution in [0.4, 0.5) is 0 Å². The van der Waals surface area contributed by atoms with Gasteiger partial charge >= 0.3 is 0 Å². The van der Waals surface area contributed by atoms with E-state index in [1.165, 1.54) is 41.3 Å². The van der Waals surface area contributed by atoms with Gasteiger partial charge in [-0.1, -0.05) is 0 Å². The largest absolute Gasteiger partial charge is 0.338 e. The van der Waals surface area contributed by atoms with Gasteiger partial charge in [0.25, 0.3) is 0 Å². The van der Waals surface area contributed by atoms with Gasteiger partial charge in [-0.2, -0.15) is 0 Å². The maximum atomic E-state index is 4.81. The first-order valence-electron chi connectivity index (χ1n) is 7.26. The molecule has 0 aliphatic heterocycles. The monoisotopic (exact) mass is 290 g/mol.